The Bertz CT molecular complexity index is 1180. The molecule has 2 saturated heterocycles. The van der Waals surface area contributed by atoms with Gasteiger partial charge in [-0.3, -0.25) is 4.79 Å². The van der Waals surface area contributed by atoms with Crippen molar-refractivity contribution in [1.82, 2.24) is 24.8 Å². The van der Waals surface area contributed by atoms with E-state index in [1.54, 1.807) is 28.3 Å². The maximum Gasteiger partial charge on any atom is 0.341 e. The van der Waals surface area contributed by atoms with Crippen LogP contribution in [0.4, 0.5) is 19.5 Å². The van der Waals surface area contributed by atoms with Crippen LogP contribution in [0.3, 0.4) is 0 Å². The highest BCUT2D eigenvalue weighted by molar-refractivity contribution is 5.93. The van der Waals surface area contributed by atoms with E-state index < -0.39 is 17.7 Å². The zero-order valence-electron chi connectivity index (χ0n) is 20.8. The molecule has 0 radical (unpaired) electrons. The Morgan fingerprint density at radius 2 is 1.73 bits per heavy atom. The molecule has 0 aliphatic carbocycles. The second-order valence-electron chi connectivity index (χ2n) is 9.61. The predicted octanol–water partition coefficient (Wildman–Crippen LogP) is 2.68. The lowest BCUT2D eigenvalue weighted by Gasteiger charge is -2.39. The molecule has 0 unspecified atom stereocenters. The Hall–Kier alpha value is -3.67. The molecule has 0 saturated carbocycles. The van der Waals surface area contributed by atoms with Crippen molar-refractivity contribution in [3.8, 4) is 0 Å². The molecule has 12 heteroatoms. The van der Waals surface area contributed by atoms with Crippen molar-refractivity contribution in [2.45, 2.75) is 38.5 Å². The van der Waals surface area contributed by atoms with Gasteiger partial charge in [0.15, 0.2) is 0 Å². The summed E-state index contributed by atoms with van der Waals surface area (Å²) in [6, 6.07) is 3.96. The lowest BCUT2D eigenvalue weighted by Crippen LogP contribution is -2.55. The maximum absolute atomic E-state index is 13.7. The molecule has 2 fully saturated rings. The summed E-state index contributed by atoms with van der Waals surface area (Å²) in [6.07, 6.45) is 3.69. The molecule has 0 bridgehead atoms. The molecule has 5 rings (SSSR count). The number of hydrogen-bond acceptors (Lipinski definition) is 7. The van der Waals surface area contributed by atoms with Gasteiger partial charge in [-0.1, -0.05) is 0 Å². The quantitative estimate of drug-likeness (QED) is 0.610. The van der Waals surface area contributed by atoms with Crippen LogP contribution in [-0.4, -0.2) is 94.4 Å². The summed E-state index contributed by atoms with van der Waals surface area (Å²) in [6.45, 7) is 6.72. The first kappa shape index (κ1) is 25.0. The Morgan fingerprint density at radius 3 is 2.41 bits per heavy atom. The molecule has 1 aromatic carbocycles. The molecule has 10 nitrogen and oxygen atoms in total. The number of nitrogens with zero attached hydrogens (tertiary/aromatic N) is 7. The molecule has 0 spiro atoms. The molecule has 3 aliphatic rings. The molecule has 4 heterocycles. The van der Waals surface area contributed by atoms with Crippen molar-refractivity contribution < 1.29 is 23.1 Å². The van der Waals surface area contributed by atoms with E-state index in [0.29, 0.717) is 62.9 Å². The van der Waals surface area contributed by atoms with Gasteiger partial charge in [-0.25, -0.2) is 28.6 Å². The number of aromatic nitrogens is 2. The fraction of sp³-hybridized carbons (Fsp3) is 0.480. The number of carbonyl (C=O) groups excluding carboxylic acids is 2. The largest absolute Gasteiger partial charge is 0.372 e. The van der Waals surface area contributed by atoms with Crippen LogP contribution >= 0.6 is 0 Å². The van der Waals surface area contributed by atoms with E-state index in [0.717, 1.165) is 6.07 Å². The summed E-state index contributed by atoms with van der Waals surface area (Å²) in [7, 11) is 0. The number of anilines is 1. The minimum Gasteiger partial charge on any atom is -0.372 e. The van der Waals surface area contributed by atoms with Gasteiger partial charge < -0.3 is 19.4 Å². The first-order valence-corrected chi connectivity index (χ1v) is 12.4. The summed E-state index contributed by atoms with van der Waals surface area (Å²) >= 11 is 0. The Morgan fingerprint density at radius 1 is 1.03 bits per heavy atom. The Balaban J connectivity index is 1.18. The van der Waals surface area contributed by atoms with Gasteiger partial charge in [-0.05, 0) is 37.6 Å². The molecule has 0 N–H and O–H groups in total. The number of rotatable bonds is 5. The minimum atomic E-state index is -0.693. The topological polar surface area (TPSA) is 94.5 Å². The van der Waals surface area contributed by atoms with E-state index in [9.17, 15) is 18.4 Å². The first-order valence-electron chi connectivity index (χ1n) is 12.4. The third-order valence-electron chi connectivity index (χ3n) is 6.59. The highest BCUT2D eigenvalue weighted by atomic mass is 19.1. The van der Waals surface area contributed by atoms with Crippen LogP contribution in [-0.2, 0) is 4.74 Å². The minimum absolute atomic E-state index is 0.0512. The lowest BCUT2D eigenvalue weighted by atomic mass is 10.0. The van der Waals surface area contributed by atoms with E-state index in [1.165, 1.54) is 17.1 Å². The van der Waals surface area contributed by atoms with Crippen molar-refractivity contribution >= 4 is 24.1 Å². The lowest BCUT2D eigenvalue weighted by molar-refractivity contribution is -0.0685. The van der Waals surface area contributed by atoms with Gasteiger partial charge in [0.1, 0.15) is 17.3 Å². The van der Waals surface area contributed by atoms with Gasteiger partial charge in [-0.2, -0.15) is 5.10 Å². The monoisotopic (exact) mass is 513 g/mol. The number of amides is 3. The zero-order valence-corrected chi connectivity index (χ0v) is 20.8. The average Bonchev–Trinajstić information content (AvgIpc) is 3.35. The summed E-state index contributed by atoms with van der Waals surface area (Å²) in [5.41, 5.74) is 0.684. The number of piperazine rings is 1. The third kappa shape index (κ3) is 5.38. The molecular formula is C25H29F2N7O3. The van der Waals surface area contributed by atoms with Crippen molar-refractivity contribution in [3.63, 3.8) is 0 Å². The van der Waals surface area contributed by atoms with E-state index in [4.69, 9.17) is 4.74 Å². The van der Waals surface area contributed by atoms with Gasteiger partial charge in [0.25, 0.3) is 5.91 Å². The summed E-state index contributed by atoms with van der Waals surface area (Å²) in [4.78, 5) is 40.1. The second kappa shape index (κ2) is 10.4. The highest BCUT2D eigenvalue weighted by Gasteiger charge is 2.35. The Kier molecular flexibility index (Phi) is 7.00. The highest BCUT2D eigenvalue weighted by Crippen LogP contribution is 2.30. The zero-order chi connectivity index (χ0) is 26.1. The van der Waals surface area contributed by atoms with Crippen LogP contribution in [0.25, 0.3) is 0 Å². The van der Waals surface area contributed by atoms with Crippen LogP contribution < -0.4 is 4.90 Å². The van der Waals surface area contributed by atoms with Crippen LogP contribution in [0, 0.1) is 11.6 Å². The number of urea groups is 1. The number of benzene rings is 1. The predicted molar refractivity (Wildman–Crippen MR) is 131 cm³/mol. The van der Waals surface area contributed by atoms with Crippen LogP contribution in [0.2, 0.25) is 0 Å². The number of halogens is 2. The molecule has 196 valence electrons. The molecule has 37 heavy (non-hydrogen) atoms. The van der Waals surface area contributed by atoms with Crippen molar-refractivity contribution in [1.29, 1.82) is 0 Å². The summed E-state index contributed by atoms with van der Waals surface area (Å²) < 4.78 is 33.2. The smallest absolute Gasteiger partial charge is 0.341 e. The van der Waals surface area contributed by atoms with Crippen molar-refractivity contribution in [2.75, 3.05) is 44.2 Å². The molecular weight excluding hydrogens is 484 g/mol. The van der Waals surface area contributed by atoms with Gasteiger partial charge >= 0.3 is 6.03 Å². The van der Waals surface area contributed by atoms with Crippen LogP contribution in [0.1, 0.15) is 42.4 Å². The summed E-state index contributed by atoms with van der Waals surface area (Å²) in [5, 5.41) is 5.45. The Labute approximate surface area is 213 Å². The van der Waals surface area contributed by atoms with E-state index >= 15 is 0 Å². The molecule has 3 aliphatic heterocycles. The number of hydrogen-bond donors (Lipinski definition) is 0. The standard InChI is InChI=1S/C25H29F2N7O3/c1-16(2)37-20-14-33(15-20)23(35)21-3-5-28-24(30-21)31-7-9-32(10-8-31)25(36)34-22(4-6-29-34)17-11-18(26)13-19(27)12-17/h3,5-6,11-13,16,20,22H,4,7-10,14-15H2,1-2H3/t22-/m0/s1. The number of carbonyl (C=O) groups is 2. The number of ether oxygens (including phenoxy) is 1. The van der Waals surface area contributed by atoms with Gasteiger partial charge in [-0.15, -0.1) is 0 Å². The maximum atomic E-state index is 13.7. The fourth-order valence-electron chi connectivity index (χ4n) is 4.74. The number of hydrazone groups is 1. The van der Waals surface area contributed by atoms with Gasteiger partial charge in [0.2, 0.25) is 5.95 Å². The van der Waals surface area contributed by atoms with Gasteiger partial charge in [0.05, 0.1) is 18.2 Å². The van der Waals surface area contributed by atoms with Crippen LogP contribution in [0.5, 0.6) is 0 Å². The first-order chi connectivity index (χ1) is 17.8. The molecule has 3 amide bonds. The van der Waals surface area contributed by atoms with Crippen molar-refractivity contribution in [2.24, 2.45) is 5.10 Å². The van der Waals surface area contributed by atoms with Gasteiger partial charge in [0, 0.05) is 64.2 Å². The molecule has 1 atom stereocenters. The van der Waals surface area contributed by atoms with E-state index in [2.05, 4.69) is 15.1 Å². The third-order valence-corrected chi connectivity index (χ3v) is 6.59. The second-order valence-corrected chi connectivity index (χ2v) is 9.61. The number of likely N-dealkylation sites (tertiary alicyclic amines) is 1. The van der Waals surface area contributed by atoms with E-state index in [1.807, 2.05) is 18.7 Å². The van der Waals surface area contributed by atoms with E-state index in [-0.39, 0.29) is 24.1 Å². The van der Waals surface area contributed by atoms with Crippen molar-refractivity contribution in [3.05, 3.63) is 53.4 Å². The van der Waals surface area contributed by atoms with Crippen LogP contribution in [0.15, 0.2) is 35.6 Å². The molecule has 2 aromatic rings. The summed E-state index contributed by atoms with van der Waals surface area (Å²) in [5.74, 6) is -1.11. The average molecular weight is 514 g/mol. The normalized spacial score (nSPS) is 20.1. The molecule has 1 aromatic heterocycles. The SMILES string of the molecule is CC(C)OC1CN(C(=O)c2ccnc(N3CCN(C(=O)N4N=CC[C@H]4c4cc(F)cc(F)c4)CC3)n2)C1. The fourth-order valence-corrected chi connectivity index (χ4v) is 4.74.